The molecule has 4 aliphatic rings. The third-order valence-corrected chi connectivity index (χ3v) is 10.1. The first-order valence-electron chi connectivity index (χ1n) is 15.6. The molecule has 8 rings (SSSR count). The summed E-state index contributed by atoms with van der Waals surface area (Å²) in [6.45, 7) is 4.94. The molecule has 4 aromatic rings. The monoisotopic (exact) mass is 650 g/mol. The first-order valence-corrected chi connectivity index (χ1v) is 16.0. The van der Waals surface area contributed by atoms with Crippen molar-refractivity contribution in [2.75, 3.05) is 31.7 Å². The maximum absolute atomic E-state index is 15.3. The van der Waals surface area contributed by atoms with Crippen LogP contribution in [0.1, 0.15) is 47.9 Å². The number of methoxy groups -OCH3 is 1. The summed E-state index contributed by atoms with van der Waals surface area (Å²) in [5, 5.41) is 0.304. The number of aromatic nitrogens is 2. The van der Waals surface area contributed by atoms with Crippen molar-refractivity contribution < 1.29 is 32.5 Å². The van der Waals surface area contributed by atoms with Gasteiger partial charge in [0.15, 0.2) is 17.3 Å². The third kappa shape index (κ3) is 4.78. The molecule has 240 valence electrons. The molecule has 3 aliphatic heterocycles. The number of hydrogen-bond donors (Lipinski definition) is 0. The number of ether oxygens (including phenoxy) is 4. The summed E-state index contributed by atoms with van der Waals surface area (Å²) in [6.07, 6.45) is 2.94. The van der Waals surface area contributed by atoms with Gasteiger partial charge in [-0.15, -0.1) is 0 Å². The van der Waals surface area contributed by atoms with Crippen molar-refractivity contribution in [2.24, 2.45) is 0 Å². The molecule has 0 amide bonds. The zero-order valence-corrected chi connectivity index (χ0v) is 26.2. The Labute approximate surface area is 269 Å². The summed E-state index contributed by atoms with van der Waals surface area (Å²) in [5.74, 6) is -1.07. The molecule has 0 bridgehead atoms. The number of hydrogen-bond acceptors (Lipinski definition) is 8. The van der Waals surface area contributed by atoms with Crippen LogP contribution in [0.5, 0.6) is 11.5 Å². The fraction of sp³-hybridized carbons (Fsp3) is 0.412. The van der Waals surface area contributed by atoms with E-state index in [0.717, 1.165) is 43.9 Å². The number of para-hydroxylation sites is 1. The predicted molar refractivity (Wildman–Crippen MR) is 166 cm³/mol. The number of carbonyl (C=O) groups excluding carboxylic acids is 1. The first-order chi connectivity index (χ1) is 22.2. The lowest BCUT2D eigenvalue weighted by atomic mass is 9.81. The Morgan fingerprint density at radius 2 is 1.89 bits per heavy atom. The van der Waals surface area contributed by atoms with Gasteiger partial charge in [-0.1, -0.05) is 17.7 Å². The van der Waals surface area contributed by atoms with Gasteiger partial charge >= 0.3 is 5.97 Å². The minimum Gasteiger partial charge on any atom is -0.465 e. The van der Waals surface area contributed by atoms with Gasteiger partial charge in [0, 0.05) is 43.7 Å². The van der Waals surface area contributed by atoms with Crippen molar-refractivity contribution in [3.8, 4) is 11.5 Å². The second-order valence-corrected chi connectivity index (χ2v) is 12.9. The number of carbonyl (C=O) groups is 1. The fourth-order valence-electron chi connectivity index (χ4n) is 7.23. The number of halogens is 3. The highest BCUT2D eigenvalue weighted by Crippen LogP contribution is 2.51. The van der Waals surface area contributed by atoms with Crippen molar-refractivity contribution in [1.29, 1.82) is 0 Å². The van der Waals surface area contributed by atoms with Gasteiger partial charge in [0.25, 0.3) is 5.79 Å². The summed E-state index contributed by atoms with van der Waals surface area (Å²) in [4.78, 5) is 21.8. The van der Waals surface area contributed by atoms with Crippen molar-refractivity contribution in [3.63, 3.8) is 0 Å². The number of rotatable bonds is 7. The van der Waals surface area contributed by atoms with Crippen molar-refractivity contribution >= 4 is 34.3 Å². The molecule has 4 heterocycles. The summed E-state index contributed by atoms with van der Waals surface area (Å²) in [5.41, 5.74) is 2.14. The molecule has 3 unspecified atom stereocenters. The molecule has 9 nitrogen and oxygen atoms in total. The molecule has 0 N–H and O–H groups in total. The van der Waals surface area contributed by atoms with Crippen LogP contribution in [-0.4, -0.2) is 65.4 Å². The second-order valence-electron chi connectivity index (χ2n) is 12.5. The molecule has 46 heavy (non-hydrogen) atoms. The summed E-state index contributed by atoms with van der Waals surface area (Å²) in [7, 11) is 1.28. The van der Waals surface area contributed by atoms with Crippen LogP contribution in [0, 0.1) is 11.6 Å². The van der Waals surface area contributed by atoms with Crippen LogP contribution >= 0.6 is 11.6 Å². The molecular weight excluding hydrogens is 618 g/mol. The molecule has 0 spiro atoms. The number of anilines is 1. The van der Waals surface area contributed by atoms with E-state index in [1.165, 1.54) is 19.2 Å². The van der Waals surface area contributed by atoms with Gasteiger partial charge in [-0.2, -0.15) is 0 Å². The second kappa shape index (κ2) is 11.1. The maximum Gasteiger partial charge on any atom is 0.338 e. The van der Waals surface area contributed by atoms with Crippen LogP contribution < -0.4 is 14.4 Å². The van der Waals surface area contributed by atoms with Gasteiger partial charge in [-0.25, -0.2) is 18.6 Å². The molecule has 1 aromatic heterocycles. The van der Waals surface area contributed by atoms with Gasteiger partial charge in [-0.05, 0) is 61.7 Å². The highest BCUT2D eigenvalue weighted by molar-refractivity contribution is 6.30. The van der Waals surface area contributed by atoms with Crippen LogP contribution in [0.4, 0.5) is 14.5 Å². The lowest BCUT2D eigenvalue weighted by Crippen LogP contribution is -2.64. The lowest BCUT2D eigenvalue weighted by Gasteiger charge is -2.54. The topological polar surface area (TPSA) is 78.3 Å². The highest BCUT2D eigenvalue weighted by Gasteiger charge is 2.47. The van der Waals surface area contributed by atoms with Gasteiger partial charge < -0.3 is 28.4 Å². The van der Waals surface area contributed by atoms with E-state index in [1.54, 1.807) is 25.1 Å². The molecule has 2 saturated heterocycles. The Morgan fingerprint density at radius 1 is 1.07 bits per heavy atom. The van der Waals surface area contributed by atoms with E-state index in [9.17, 15) is 9.18 Å². The summed E-state index contributed by atoms with van der Waals surface area (Å²) >= 11 is 6.00. The molecule has 1 saturated carbocycles. The number of fused-ring (bicyclic) bond motifs is 3. The van der Waals surface area contributed by atoms with Crippen LogP contribution in [0.15, 0.2) is 48.5 Å². The smallest absolute Gasteiger partial charge is 0.338 e. The van der Waals surface area contributed by atoms with E-state index in [0.29, 0.717) is 41.7 Å². The average Bonchev–Trinajstić information content (AvgIpc) is 3.52. The normalized spacial score (nSPS) is 25.2. The Hall–Kier alpha value is -3.93. The van der Waals surface area contributed by atoms with Gasteiger partial charge in [0.05, 0.1) is 48.6 Å². The third-order valence-electron chi connectivity index (χ3n) is 9.82. The number of nitrogens with zero attached hydrogens (tertiary/aromatic N) is 4. The van der Waals surface area contributed by atoms with E-state index in [1.807, 2.05) is 22.8 Å². The Balaban J connectivity index is 1.06. The number of imidazole rings is 1. The molecule has 0 radical (unpaired) electrons. The van der Waals surface area contributed by atoms with E-state index in [-0.39, 0.29) is 34.8 Å². The quantitative estimate of drug-likeness (QED) is 0.224. The van der Waals surface area contributed by atoms with Crippen molar-refractivity contribution in [3.05, 3.63) is 82.1 Å². The molecule has 3 fully saturated rings. The molecule has 3 aromatic carbocycles. The van der Waals surface area contributed by atoms with Gasteiger partial charge in [-0.3, -0.25) is 4.90 Å². The van der Waals surface area contributed by atoms with Gasteiger partial charge in [0.2, 0.25) is 0 Å². The Kier molecular flexibility index (Phi) is 7.11. The van der Waals surface area contributed by atoms with Crippen LogP contribution in [0.3, 0.4) is 0 Å². The van der Waals surface area contributed by atoms with E-state index >= 15 is 4.39 Å². The zero-order chi connectivity index (χ0) is 31.7. The van der Waals surface area contributed by atoms with E-state index in [4.69, 9.17) is 35.5 Å². The summed E-state index contributed by atoms with van der Waals surface area (Å²) in [6, 6.07) is 13.6. The van der Waals surface area contributed by atoms with Gasteiger partial charge in [0.1, 0.15) is 17.2 Å². The minimum atomic E-state index is -1.33. The SMILES string of the molecule is COC(=O)c1cc(F)c2nc(CN3CCN(c4cccc5c4OC(C)(c4ccc(Cl)cc4F)O5)C4CCC43)n(C[C@@H]3CCO3)c2c1. The Morgan fingerprint density at radius 3 is 2.61 bits per heavy atom. The molecular formula is C34H33ClF2N4O5. The molecule has 4 atom stereocenters. The largest absolute Gasteiger partial charge is 0.465 e. The predicted octanol–water partition coefficient (Wildman–Crippen LogP) is 6.04. The molecule has 1 aliphatic carbocycles. The zero-order valence-electron chi connectivity index (χ0n) is 25.5. The van der Waals surface area contributed by atoms with E-state index in [2.05, 4.69) is 9.80 Å². The van der Waals surface area contributed by atoms with Crippen molar-refractivity contribution in [1.82, 2.24) is 14.5 Å². The number of esters is 1. The lowest BCUT2D eigenvalue weighted by molar-refractivity contribution is -0.0706. The van der Waals surface area contributed by atoms with Crippen molar-refractivity contribution in [2.45, 2.75) is 63.3 Å². The first kappa shape index (κ1) is 29.5. The molecule has 12 heteroatoms. The number of piperazine rings is 1. The standard InChI is InChI=1S/C34H33ClF2N4O5/c1-34(22-7-6-20(35)16-23(22)36)45-29-5-3-4-27(32(29)46-34)40-12-11-39(25-8-9-26(25)40)18-30-38-31-24(37)14-19(33(42)43-2)15-28(31)41(30)17-21-10-13-44-21/h3-7,14-16,21,25-26H,8-13,17-18H2,1-2H3/t21-,25?,26?,34?/m0/s1. The fourth-order valence-corrected chi connectivity index (χ4v) is 7.39. The number of benzene rings is 3. The van der Waals surface area contributed by atoms with Crippen LogP contribution in [0.25, 0.3) is 11.0 Å². The van der Waals surface area contributed by atoms with E-state index < -0.39 is 23.4 Å². The van der Waals surface area contributed by atoms with Crippen LogP contribution in [0.2, 0.25) is 5.02 Å². The average molecular weight is 651 g/mol. The summed E-state index contributed by atoms with van der Waals surface area (Å²) < 4.78 is 55.4. The highest BCUT2D eigenvalue weighted by atomic mass is 35.5. The Bertz CT molecular complexity index is 1870. The van der Waals surface area contributed by atoms with Crippen LogP contribution in [-0.2, 0) is 28.4 Å². The minimum absolute atomic E-state index is 0.0173. The maximum atomic E-state index is 15.3.